The largest absolute Gasteiger partial charge is 0.467 e. The second-order valence-electron chi connectivity index (χ2n) is 5.64. The Morgan fingerprint density at radius 3 is 2.80 bits per heavy atom. The number of furan rings is 1. The Hall–Kier alpha value is -1.81. The predicted octanol–water partition coefficient (Wildman–Crippen LogP) is 2.73. The van der Waals surface area contributed by atoms with Gasteiger partial charge in [0.2, 0.25) is 0 Å². The van der Waals surface area contributed by atoms with Crippen molar-refractivity contribution in [2.75, 3.05) is 4.90 Å². The molecule has 1 aliphatic rings. The molecule has 1 saturated carbocycles. The molecular weight excluding hydrogens is 250 g/mol. The van der Waals surface area contributed by atoms with Gasteiger partial charge in [0.1, 0.15) is 11.6 Å². The minimum Gasteiger partial charge on any atom is -0.467 e. The van der Waals surface area contributed by atoms with Crippen LogP contribution in [0.3, 0.4) is 0 Å². The maximum atomic E-state index is 5.82. The van der Waals surface area contributed by atoms with E-state index in [9.17, 15) is 0 Å². The van der Waals surface area contributed by atoms with Crippen LogP contribution >= 0.6 is 0 Å². The third-order valence-corrected chi connectivity index (χ3v) is 3.55. The van der Waals surface area contributed by atoms with Crippen LogP contribution in [0.1, 0.15) is 31.1 Å². The Labute approximate surface area is 119 Å². The molecule has 0 amide bonds. The van der Waals surface area contributed by atoms with Crippen LogP contribution in [-0.2, 0) is 13.0 Å². The lowest BCUT2D eigenvalue weighted by Crippen LogP contribution is -2.26. The molecule has 1 fully saturated rings. The lowest BCUT2D eigenvalue weighted by atomic mass is 10.1. The monoisotopic (exact) mass is 271 g/mol. The number of anilines is 1. The highest BCUT2D eigenvalue weighted by Crippen LogP contribution is 2.32. The zero-order valence-electron chi connectivity index (χ0n) is 11.8. The Balaban J connectivity index is 1.74. The molecule has 1 aliphatic carbocycles. The summed E-state index contributed by atoms with van der Waals surface area (Å²) in [6.45, 7) is 2.80. The highest BCUT2D eigenvalue weighted by molar-refractivity contribution is 5.42. The molecule has 1 unspecified atom stereocenters. The number of nitrogens with two attached hydrogens (primary N) is 1. The summed E-state index contributed by atoms with van der Waals surface area (Å²) in [5, 5.41) is 0. The summed E-state index contributed by atoms with van der Waals surface area (Å²) in [5.74, 6) is 2.01. The van der Waals surface area contributed by atoms with Crippen molar-refractivity contribution < 1.29 is 4.42 Å². The molecule has 0 aliphatic heterocycles. The minimum absolute atomic E-state index is 0.172. The Bertz CT molecular complexity index is 529. The third kappa shape index (κ3) is 3.20. The van der Waals surface area contributed by atoms with Crippen LogP contribution < -0.4 is 10.6 Å². The van der Waals surface area contributed by atoms with E-state index in [1.54, 1.807) is 6.26 Å². The maximum absolute atomic E-state index is 5.82. The van der Waals surface area contributed by atoms with Gasteiger partial charge in [0.25, 0.3) is 0 Å². The summed E-state index contributed by atoms with van der Waals surface area (Å²) in [6, 6.07) is 8.94. The van der Waals surface area contributed by atoms with Crippen molar-refractivity contribution in [1.82, 2.24) is 4.98 Å². The fourth-order valence-corrected chi connectivity index (χ4v) is 2.43. The van der Waals surface area contributed by atoms with Crippen LogP contribution in [0.25, 0.3) is 0 Å². The molecule has 0 radical (unpaired) electrons. The Morgan fingerprint density at radius 2 is 2.25 bits per heavy atom. The molecule has 4 nitrogen and oxygen atoms in total. The van der Waals surface area contributed by atoms with Crippen LogP contribution in [0.4, 0.5) is 5.82 Å². The van der Waals surface area contributed by atoms with Gasteiger partial charge in [-0.15, -0.1) is 0 Å². The molecule has 0 bridgehead atoms. The van der Waals surface area contributed by atoms with Gasteiger partial charge >= 0.3 is 0 Å². The van der Waals surface area contributed by atoms with Crippen molar-refractivity contribution in [2.24, 2.45) is 5.73 Å². The summed E-state index contributed by atoms with van der Waals surface area (Å²) >= 11 is 0. The van der Waals surface area contributed by atoms with E-state index < -0.39 is 0 Å². The standard InChI is InChI=1S/C16H21N3O/c1-12(17)9-13-4-7-16(18-10-13)19(14-5-6-14)11-15-3-2-8-20-15/h2-4,7-8,10,12,14H,5-6,9,11,17H2,1H3. The van der Waals surface area contributed by atoms with Gasteiger partial charge in [-0.1, -0.05) is 6.07 Å². The molecule has 2 heterocycles. The van der Waals surface area contributed by atoms with E-state index in [-0.39, 0.29) is 6.04 Å². The summed E-state index contributed by atoms with van der Waals surface area (Å²) in [6.07, 6.45) is 7.01. The first kappa shape index (κ1) is 13.2. The molecule has 2 N–H and O–H groups in total. The van der Waals surface area contributed by atoms with Gasteiger partial charge in [0.15, 0.2) is 0 Å². The van der Waals surface area contributed by atoms with Gasteiger partial charge < -0.3 is 15.1 Å². The zero-order valence-corrected chi connectivity index (χ0v) is 11.8. The van der Waals surface area contributed by atoms with E-state index in [0.29, 0.717) is 6.04 Å². The van der Waals surface area contributed by atoms with Crippen LogP contribution in [-0.4, -0.2) is 17.1 Å². The van der Waals surface area contributed by atoms with Gasteiger partial charge in [-0.2, -0.15) is 0 Å². The average Bonchev–Trinajstić information content (AvgIpc) is 3.14. The topological polar surface area (TPSA) is 55.3 Å². The van der Waals surface area contributed by atoms with Gasteiger partial charge in [-0.05, 0) is 49.9 Å². The normalized spacial score (nSPS) is 16.1. The first-order chi connectivity index (χ1) is 9.72. The molecule has 1 atom stereocenters. The number of pyridine rings is 1. The Kier molecular flexibility index (Phi) is 3.74. The lowest BCUT2D eigenvalue weighted by Gasteiger charge is -2.22. The fourth-order valence-electron chi connectivity index (χ4n) is 2.43. The van der Waals surface area contributed by atoms with Crippen molar-refractivity contribution in [3.05, 3.63) is 48.0 Å². The number of rotatable bonds is 6. The van der Waals surface area contributed by atoms with Crippen molar-refractivity contribution in [1.29, 1.82) is 0 Å². The summed E-state index contributed by atoms with van der Waals surface area (Å²) in [5.41, 5.74) is 7.01. The summed E-state index contributed by atoms with van der Waals surface area (Å²) in [4.78, 5) is 6.93. The van der Waals surface area contributed by atoms with E-state index >= 15 is 0 Å². The van der Waals surface area contributed by atoms with Crippen molar-refractivity contribution in [3.8, 4) is 0 Å². The first-order valence-corrected chi connectivity index (χ1v) is 7.22. The summed E-state index contributed by atoms with van der Waals surface area (Å²) in [7, 11) is 0. The molecule has 0 spiro atoms. The lowest BCUT2D eigenvalue weighted by molar-refractivity contribution is 0.500. The number of aromatic nitrogens is 1. The van der Waals surface area contributed by atoms with Gasteiger partial charge in [0.05, 0.1) is 12.8 Å². The second kappa shape index (κ2) is 5.67. The smallest absolute Gasteiger partial charge is 0.129 e. The molecule has 3 rings (SSSR count). The fraction of sp³-hybridized carbons (Fsp3) is 0.438. The van der Waals surface area contributed by atoms with E-state index in [1.165, 1.54) is 18.4 Å². The van der Waals surface area contributed by atoms with Crippen LogP contribution in [0.2, 0.25) is 0 Å². The molecule has 0 aromatic carbocycles. The van der Waals surface area contributed by atoms with E-state index in [1.807, 2.05) is 25.3 Å². The molecule has 106 valence electrons. The number of hydrogen-bond acceptors (Lipinski definition) is 4. The van der Waals surface area contributed by atoms with Gasteiger partial charge in [-0.3, -0.25) is 0 Å². The quantitative estimate of drug-likeness (QED) is 0.877. The highest BCUT2D eigenvalue weighted by atomic mass is 16.3. The van der Waals surface area contributed by atoms with E-state index in [0.717, 1.165) is 24.5 Å². The maximum Gasteiger partial charge on any atom is 0.129 e. The minimum atomic E-state index is 0.172. The first-order valence-electron chi connectivity index (χ1n) is 7.22. The van der Waals surface area contributed by atoms with E-state index in [2.05, 4.69) is 22.0 Å². The van der Waals surface area contributed by atoms with Gasteiger partial charge in [0, 0.05) is 18.3 Å². The van der Waals surface area contributed by atoms with Crippen LogP contribution in [0.5, 0.6) is 0 Å². The molecule has 4 heteroatoms. The highest BCUT2D eigenvalue weighted by Gasteiger charge is 2.30. The van der Waals surface area contributed by atoms with Crippen LogP contribution in [0, 0.1) is 0 Å². The second-order valence-corrected chi connectivity index (χ2v) is 5.64. The SMILES string of the molecule is CC(N)Cc1ccc(N(Cc2ccco2)C2CC2)nc1. The van der Waals surface area contributed by atoms with Gasteiger partial charge in [-0.25, -0.2) is 4.98 Å². The molecule has 0 saturated heterocycles. The van der Waals surface area contributed by atoms with Crippen molar-refractivity contribution in [3.63, 3.8) is 0 Å². The van der Waals surface area contributed by atoms with Crippen molar-refractivity contribution in [2.45, 2.75) is 44.8 Å². The Morgan fingerprint density at radius 1 is 1.40 bits per heavy atom. The number of hydrogen-bond donors (Lipinski definition) is 1. The molecule has 20 heavy (non-hydrogen) atoms. The van der Waals surface area contributed by atoms with Crippen molar-refractivity contribution >= 4 is 5.82 Å². The summed E-state index contributed by atoms with van der Waals surface area (Å²) < 4.78 is 5.45. The number of nitrogens with zero attached hydrogens (tertiary/aromatic N) is 2. The zero-order chi connectivity index (χ0) is 13.9. The molecular formula is C16H21N3O. The predicted molar refractivity (Wildman–Crippen MR) is 79.5 cm³/mol. The van der Waals surface area contributed by atoms with E-state index in [4.69, 9.17) is 10.2 Å². The average molecular weight is 271 g/mol. The van der Waals surface area contributed by atoms with Crippen LogP contribution in [0.15, 0.2) is 41.1 Å². The molecule has 2 aromatic heterocycles. The molecule has 2 aromatic rings. The third-order valence-electron chi connectivity index (χ3n) is 3.55.